The lowest BCUT2D eigenvalue weighted by Gasteiger charge is -2.31. The number of amides is 4. The Labute approximate surface area is 147 Å². The van der Waals surface area contributed by atoms with E-state index in [-0.39, 0.29) is 24.3 Å². The lowest BCUT2D eigenvalue weighted by molar-refractivity contribution is -0.125. The fraction of sp³-hybridized carbons (Fsp3) is 0.529. The Hall–Kier alpha value is -2.48. The summed E-state index contributed by atoms with van der Waals surface area (Å²) >= 11 is 0. The summed E-state index contributed by atoms with van der Waals surface area (Å²) in [6, 6.07) is 4.97. The van der Waals surface area contributed by atoms with Gasteiger partial charge in [0.15, 0.2) is 0 Å². The van der Waals surface area contributed by atoms with Crippen LogP contribution in [-0.2, 0) is 9.59 Å². The molecule has 1 aliphatic heterocycles. The summed E-state index contributed by atoms with van der Waals surface area (Å²) in [7, 11) is 0. The van der Waals surface area contributed by atoms with Gasteiger partial charge in [0.05, 0.1) is 12.5 Å². The second kappa shape index (κ2) is 9.12. The molecule has 1 aliphatic rings. The molecular formula is C17H25N5O3. The standard InChI is InChI=1S/C17H25N5O3/c1-3-18-17(25)21-15(23)11-22-9-5-7-13(10-22)16(24)20-14-8-4-6-12(2)19-14/h4,6,8,13H,3,5,7,9-11H2,1-2H3,(H,19,20,24)(H2,18,21,23,25)/t13-/m1/s1. The van der Waals surface area contributed by atoms with Crippen molar-refractivity contribution in [3.63, 3.8) is 0 Å². The Balaban J connectivity index is 1.84. The summed E-state index contributed by atoms with van der Waals surface area (Å²) in [6.45, 7) is 5.42. The van der Waals surface area contributed by atoms with Crippen LogP contribution in [0.2, 0.25) is 0 Å². The first-order valence-corrected chi connectivity index (χ1v) is 8.52. The third kappa shape index (κ3) is 6.15. The van der Waals surface area contributed by atoms with Crippen LogP contribution in [0.3, 0.4) is 0 Å². The maximum absolute atomic E-state index is 12.4. The number of urea groups is 1. The number of aryl methyl sites for hydroxylation is 1. The highest BCUT2D eigenvalue weighted by Gasteiger charge is 2.27. The first kappa shape index (κ1) is 18.9. The van der Waals surface area contributed by atoms with E-state index < -0.39 is 6.03 Å². The van der Waals surface area contributed by atoms with Gasteiger partial charge in [-0.3, -0.25) is 19.8 Å². The van der Waals surface area contributed by atoms with Gasteiger partial charge in [-0.15, -0.1) is 0 Å². The van der Waals surface area contributed by atoms with Gasteiger partial charge >= 0.3 is 6.03 Å². The molecule has 0 aliphatic carbocycles. The molecule has 0 radical (unpaired) electrons. The molecule has 8 nitrogen and oxygen atoms in total. The van der Waals surface area contributed by atoms with E-state index in [2.05, 4.69) is 20.9 Å². The van der Waals surface area contributed by atoms with Crippen molar-refractivity contribution in [1.82, 2.24) is 20.5 Å². The number of hydrogen-bond donors (Lipinski definition) is 3. The van der Waals surface area contributed by atoms with Gasteiger partial charge in [-0.2, -0.15) is 0 Å². The van der Waals surface area contributed by atoms with Crippen LogP contribution in [0.4, 0.5) is 10.6 Å². The average Bonchev–Trinajstić information content (AvgIpc) is 2.55. The first-order chi connectivity index (χ1) is 12.0. The third-order valence-electron chi connectivity index (χ3n) is 3.97. The van der Waals surface area contributed by atoms with Crippen LogP contribution in [0.15, 0.2) is 18.2 Å². The molecule has 0 saturated carbocycles. The molecule has 2 rings (SSSR count). The zero-order valence-corrected chi connectivity index (χ0v) is 14.7. The number of imide groups is 1. The lowest BCUT2D eigenvalue weighted by Crippen LogP contribution is -2.48. The molecule has 0 aromatic carbocycles. The molecule has 0 unspecified atom stereocenters. The predicted octanol–water partition coefficient (Wildman–Crippen LogP) is 0.886. The van der Waals surface area contributed by atoms with Crippen LogP contribution in [0, 0.1) is 12.8 Å². The topological polar surface area (TPSA) is 103 Å². The van der Waals surface area contributed by atoms with Crippen molar-refractivity contribution in [2.45, 2.75) is 26.7 Å². The first-order valence-electron chi connectivity index (χ1n) is 8.52. The van der Waals surface area contributed by atoms with Gasteiger partial charge < -0.3 is 10.6 Å². The van der Waals surface area contributed by atoms with Crippen LogP contribution < -0.4 is 16.0 Å². The number of likely N-dealkylation sites (tertiary alicyclic amines) is 1. The molecule has 2 heterocycles. The van der Waals surface area contributed by atoms with E-state index in [1.165, 1.54) is 0 Å². The molecule has 0 bridgehead atoms. The van der Waals surface area contributed by atoms with Crippen molar-refractivity contribution < 1.29 is 14.4 Å². The lowest BCUT2D eigenvalue weighted by atomic mass is 9.97. The molecule has 1 saturated heterocycles. The molecule has 3 N–H and O–H groups in total. The van der Waals surface area contributed by atoms with E-state index in [4.69, 9.17) is 0 Å². The monoisotopic (exact) mass is 347 g/mol. The minimum Gasteiger partial charge on any atom is -0.338 e. The number of anilines is 1. The summed E-state index contributed by atoms with van der Waals surface area (Å²) in [4.78, 5) is 41.8. The second-order valence-electron chi connectivity index (χ2n) is 6.14. The summed E-state index contributed by atoms with van der Waals surface area (Å²) in [6.07, 6.45) is 1.60. The number of carbonyl (C=O) groups is 3. The third-order valence-corrected chi connectivity index (χ3v) is 3.97. The Morgan fingerprint density at radius 3 is 2.84 bits per heavy atom. The summed E-state index contributed by atoms with van der Waals surface area (Å²) in [5.74, 6) is -0.122. The number of nitrogens with zero attached hydrogens (tertiary/aromatic N) is 2. The maximum atomic E-state index is 12.4. The minimum atomic E-state index is -0.496. The zero-order chi connectivity index (χ0) is 18.2. The summed E-state index contributed by atoms with van der Waals surface area (Å²) in [5, 5.41) is 7.62. The van der Waals surface area contributed by atoms with Crippen molar-refractivity contribution >= 4 is 23.7 Å². The number of carbonyl (C=O) groups excluding carboxylic acids is 3. The van der Waals surface area contributed by atoms with E-state index in [1.807, 2.05) is 24.0 Å². The van der Waals surface area contributed by atoms with E-state index in [0.717, 1.165) is 25.1 Å². The quantitative estimate of drug-likeness (QED) is 0.734. The fourth-order valence-electron chi connectivity index (χ4n) is 2.83. The summed E-state index contributed by atoms with van der Waals surface area (Å²) < 4.78 is 0. The molecule has 1 aromatic rings. The molecule has 136 valence electrons. The number of pyridine rings is 1. The highest BCUT2D eigenvalue weighted by atomic mass is 16.2. The van der Waals surface area contributed by atoms with Crippen LogP contribution >= 0.6 is 0 Å². The van der Waals surface area contributed by atoms with Gasteiger partial charge in [0, 0.05) is 18.8 Å². The number of hydrogen-bond acceptors (Lipinski definition) is 5. The number of piperidine rings is 1. The van der Waals surface area contributed by atoms with E-state index in [1.54, 1.807) is 13.0 Å². The van der Waals surface area contributed by atoms with Crippen molar-refractivity contribution in [2.24, 2.45) is 5.92 Å². The highest BCUT2D eigenvalue weighted by Crippen LogP contribution is 2.18. The van der Waals surface area contributed by atoms with Crippen LogP contribution in [0.25, 0.3) is 0 Å². The van der Waals surface area contributed by atoms with Gasteiger partial charge in [0.1, 0.15) is 5.82 Å². The normalized spacial score (nSPS) is 17.6. The van der Waals surface area contributed by atoms with Gasteiger partial charge in [-0.05, 0) is 45.4 Å². The zero-order valence-electron chi connectivity index (χ0n) is 14.7. The Morgan fingerprint density at radius 1 is 1.32 bits per heavy atom. The largest absolute Gasteiger partial charge is 0.338 e. The second-order valence-corrected chi connectivity index (χ2v) is 6.14. The average molecular weight is 347 g/mol. The van der Waals surface area contributed by atoms with E-state index in [9.17, 15) is 14.4 Å². The minimum absolute atomic E-state index is 0.0908. The highest BCUT2D eigenvalue weighted by molar-refractivity contribution is 5.95. The predicted molar refractivity (Wildman–Crippen MR) is 94.0 cm³/mol. The molecule has 25 heavy (non-hydrogen) atoms. The number of aromatic nitrogens is 1. The number of rotatable bonds is 5. The fourth-order valence-corrected chi connectivity index (χ4v) is 2.83. The van der Waals surface area contributed by atoms with Gasteiger partial charge in [-0.25, -0.2) is 9.78 Å². The van der Waals surface area contributed by atoms with Crippen molar-refractivity contribution in [2.75, 3.05) is 31.5 Å². The Morgan fingerprint density at radius 2 is 2.12 bits per heavy atom. The number of nitrogens with one attached hydrogen (secondary N) is 3. The smallest absolute Gasteiger partial charge is 0.321 e. The van der Waals surface area contributed by atoms with E-state index in [0.29, 0.717) is 18.9 Å². The Kier molecular flexibility index (Phi) is 6.88. The SMILES string of the molecule is CCNC(=O)NC(=O)CN1CCC[C@@H](C(=O)Nc2cccc(C)n2)C1. The van der Waals surface area contributed by atoms with Crippen molar-refractivity contribution in [3.05, 3.63) is 23.9 Å². The van der Waals surface area contributed by atoms with Crippen LogP contribution in [-0.4, -0.2) is 53.9 Å². The Bertz CT molecular complexity index is 634. The molecule has 1 aromatic heterocycles. The van der Waals surface area contributed by atoms with Crippen LogP contribution in [0.5, 0.6) is 0 Å². The molecular weight excluding hydrogens is 322 g/mol. The molecule has 0 spiro atoms. The van der Waals surface area contributed by atoms with Gasteiger partial charge in [0.25, 0.3) is 0 Å². The maximum Gasteiger partial charge on any atom is 0.321 e. The van der Waals surface area contributed by atoms with Crippen molar-refractivity contribution in [1.29, 1.82) is 0 Å². The summed E-state index contributed by atoms with van der Waals surface area (Å²) in [5.41, 5.74) is 0.838. The molecule has 1 atom stereocenters. The van der Waals surface area contributed by atoms with E-state index >= 15 is 0 Å². The van der Waals surface area contributed by atoms with Gasteiger partial charge in [0.2, 0.25) is 11.8 Å². The molecule has 4 amide bonds. The van der Waals surface area contributed by atoms with Gasteiger partial charge in [-0.1, -0.05) is 6.07 Å². The molecule has 1 fully saturated rings. The molecule has 8 heteroatoms. The van der Waals surface area contributed by atoms with Crippen LogP contribution in [0.1, 0.15) is 25.5 Å². The van der Waals surface area contributed by atoms with Crippen molar-refractivity contribution in [3.8, 4) is 0 Å².